The number of methoxy groups -OCH3 is 1. The van der Waals surface area contributed by atoms with Gasteiger partial charge in [-0.3, -0.25) is 13.9 Å². The van der Waals surface area contributed by atoms with E-state index in [1.807, 2.05) is 28.8 Å². The van der Waals surface area contributed by atoms with Gasteiger partial charge < -0.3 is 14.0 Å². The summed E-state index contributed by atoms with van der Waals surface area (Å²) in [6.45, 7) is 1.37. The highest BCUT2D eigenvalue weighted by Gasteiger charge is 2.13. The van der Waals surface area contributed by atoms with E-state index in [4.69, 9.17) is 9.47 Å². The van der Waals surface area contributed by atoms with Gasteiger partial charge in [0.05, 0.1) is 20.0 Å². The average molecular weight is 386 g/mol. The van der Waals surface area contributed by atoms with Crippen LogP contribution in [0, 0.1) is 0 Å². The van der Waals surface area contributed by atoms with Gasteiger partial charge in [-0.05, 0) is 37.1 Å². The second kappa shape index (κ2) is 8.77. The molecule has 2 heterocycles. The van der Waals surface area contributed by atoms with Crippen molar-refractivity contribution in [1.82, 2.24) is 18.7 Å². The second-order valence-electron chi connectivity index (χ2n) is 6.75. The van der Waals surface area contributed by atoms with Crippen LogP contribution in [0.25, 0.3) is 11.2 Å². The molecule has 0 spiro atoms. The van der Waals surface area contributed by atoms with E-state index in [-0.39, 0.29) is 11.2 Å². The SMILES string of the molecule is COc1ccc(OCCCCCCn2cnc3c2c(=O)n(C)c(=O)n3C)cc1. The summed E-state index contributed by atoms with van der Waals surface area (Å²) < 4.78 is 15.2. The van der Waals surface area contributed by atoms with E-state index >= 15 is 0 Å². The van der Waals surface area contributed by atoms with E-state index < -0.39 is 0 Å². The van der Waals surface area contributed by atoms with Gasteiger partial charge in [-0.15, -0.1) is 0 Å². The Kier molecular flexibility index (Phi) is 6.18. The molecule has 8 nitrogen and oxygen atoms in total. The minimum Gasteiger partial charge on any atom is -0.497 e. The third-order valence-electron chi connectivity index (χ3n) is 4.84. The zero-order valence-corrected chi connectivity index (χ0v) is 16.6. The zero-order valence-electron chi connectivity index (χ0n) is 16.6. The smallest absolute Gasteiger partial charge is 0.332 e. The molecule has 0 bridgehead atoms. The van der Waals surface area contributed by atoms with Gasteiger partial charge in [-0.2, -0.15) is 0 Å². The number of ether oxygens (including phenoxy) is 2. The van der Waals surface area contributed by atoms with Crippen molar-refractivity contribution in [2.24, 2.45) is 14.1 Å². The van der Waals surface area contributed by atoms with Gasteiger partial charge in [0.15, 0.2) is 11.2 Å². The quantitative estimate of drug-likeness (QED) is 0.526. The number of nitrogens with zero attached hydrogens (tertiary/aromatic N) is 4. The molecule has 0 aliphatic heterocycles. The summed E-state index contributed by atoms with van der Waals surface area (Å²) in [7, 11) is 4.76. The molecule has 8 heteroatoms. The molecule has 150 valence electrons. The Morgan fingerprint density at radius 2 is 1.61 bits per heavy atom. The summed E-state index contributed by atoms with van der Waals surface area (Å²) in [5, 5.41) is 0. The van der Waals surface area contributed by atoms with Crippen LogP contribution in [0.5, 0.6) is 11.5 Å². The van der Waals surface area contributed by atoms with E-state index in [9.17, 15) is 9.59 Å². The highest BCUT2D eigenvalue weighted by molar-refractivity contribution is 5.69. The van der Waals surface area contributed by atoms with Crippen molar-refractivity contribution in [3.05, 3.63) is 51.4 Å². The van der Waals surface area contributed by atoms with Crippen LogP contribution in [0.2, 0.25) is 0 Å². The molecule has 0 saturated carbocycles. The summed E-state index contributed by atoms with van der Waals surface area (Å²) in [6.07, 6.45) is 5.60. The Labute approximate surface area is 163 Å². The predicted molar refractivity (Wildman–Crippen MR) is 107 cm³/mol. The van der Waals surface area contributed by atoms with E-state index in [0.29, 0.717) is 24.3 Å². The molecule has 0 atom stereocenters. The van der Waals surface area contributed by atoms with Crippen LogP contribution < -0.4 is 20.7 Å². The van der Waals surface area contributed by atoms with Crippen LogP contribution in [0.3, 0.4) is 0 Å². The van der Waals surface area contributed by atoms with Crippen LogP contribution in [0.4, 0.5) is 0 Å². The third-order valence-corrected chi connectivity index (χ3v) is 4.84. The summed E-state index contributed by atoms with van der Waals surface area (Å²) in [5.74, 6) is 1.65. The molecule has 2 aromatic heterocycles. The number of benzene rings is 1. The highest BCUT2D eigenvalue weighted by atomic mass is 16.5. The second-order valence-corrected chi connectivity index (χ2v) is 6.75. The first-order chi connectivity index (χ1) is 13.5. The lowest BCUT2D eigenvalue weighted by Gasteiger charge is -2.08. The average Bonchev–Trinajstić information content (AvgIpc) is 3.14. The molecule has 0 radical (unpaired) electrons. The van der Waals surface area contributed by atoms with Crippen molar-refractivity contribution in [3.8, 4) is 11.5 Å². The fraction of sp³-hybridized carbons (Fsp3) is 0.450. The Morgan fingerprint density at radius 1 is 0.929 bits per heavy atom. The van der Waals surface area contributed by atoms with Crippen molar-refractivity contribution in [2.45, 2.75) is 32.2 Å². The van der Waals surface area contributed by atoms with E-state index in [1.165, 1.54) is 11.6 Å². The fourth-order valence-electron chi connectivity index (χ4n) is 3.17. The van der Waals surface area contributed by atoms with Gasteiger partial charge in [0.25, 0.3) is 5.56 Å². The molecule has 3 aromatic rings. The van der Waals surface area contributed by atoms with Crippen LogP contribution in [0.15, 0.2) is 40.2 Å². The van der Waals surface area contributed by atoms with Gasteiger partial charge in [-0.1, -0.05) is 12.8 Å². The van der Waals surface area contributed by atoms with Crippen molar-refractivity contribution in [1.29, 1.82) is 0 Å². The molecule has 0 fully saturated rings. The third kappa shape index (κ3) is 4.11. The Bertz CT molecular complexity index is 1050. The largest absolute Gasteiger partial charge is 0.497 e. The van der Waals surface area contributed by atoms with E-state index in [2.05, 4.69) is 4.98 Å². The number of aromatic nitrogens is 4. The van der Waals surface area contributed by atoms with Crippen LogP contribution in [0.1, 0.15) is 25.7 Å². The first-order valence-corrected chi connectivity index (χ1v) is 9.40. The zero-order chi connectivity index (χ0) is 20.1. The van der Waals surface area contributed by atoms with Crippen molar-refractivity contribution >= 4 is 11.2 Å². The first-order valence-electron chi connectivity index (χ1n) is 9.40. The lowest BCUT2D eigenvalue weighted by Crippen LogP contribution is -2.37. The molecular formula is C20H26N4O4. The Hall–Kier alpha value is -3.03. The van der Waals surface area contributed by atoms with Gasteiger partial charge in [-0.25, -0.2) is 9.78 Å². The fourth-order valence-corrected chi connectivity index (χ4v) is 3.17. The first kappa shape index (κ1) is 19.7. The summed E-state index contributed by atoms with van der Waals surface area (Å²) in [4.78, 5) is 28.6. The van der Waals surface area contributed by atoms with Crippen molar-refractivity contribution in [3.63, 3.8) is 0 Å². The predicted octanol–water partition coefficient (Wildman–Crippen LogP) is 2.08. The van der Waals surface area contributed by atoms with Gasteiger partial charge >= 0.3 is 5.69 Å². The van der Waals surface area contributed by atoms with Crippen molar-refractivity contribution < 1.29 is 9.47 Å². The number of fused-ring (bicyclic) bond motifs is 1. The maximum atomic E-state index is 12.4. The molecule has 28 heavy (non-hydrogen) atoms. The lowest BCUT2D eigenvalue weighted by molar-refractivity contribution is 0.303. The molecule has 0 amide bonds. The number of rotatable bonds is 9. The molecule has 0 aliphatic rings. The molecule has 0 aliphatic carbocycles. The summed E-state index contributed by atoms with van der Waals surface area (Å²) in [5.41, 5.74) is 0.247. The molecule has 0 N–H and O–H groups in total. The molecule has 0 saturated heterocycles. The minimum absolute atomic E-state index is 0.302. The summed E-state index contributed by atoms with van der Waals surface area (Å²) in [6, 6.07) is 7.56. The molecule has 1 aromatic carbocycles. The molecule has 3 rings (SSSR count). The van der Waals surface area contributed by atoms with E-state index in [0.717, 1.165) is 41.7 Å². The Morgan fingerprint density at radius 3 is 2.32 bits per heavy atom. The Balaban J connectivity index is 1.45. The minimum atomic E-state index is -0.361. The number of imidazole rings is 1. The topological polar surface area (TPSA) is 80.3 Å². The number of hydrogen-bond acceptors (Lipinski definition) is 5. The van der Waals surface area contributed by atoms with Crippen LogP contribution in [-0.2, 0) is 20.6 Å². The van der Waals surface area contributed by atoms with Gasteiger partial charge in [0, 0.05) is 20.6 Å². The number of aryl methyl sites for hydroxylation is 2. The van der Waals surface area contributed by atoms with Gasteiger partial charge in [0.1, 0.15) is 11.5 Å². The van der Waals surface area contributed by atoms with Crippen molar-refractivity contribution in [2.75, 3.05) is 13.7 Å². The van der Waals surface area contributed by atoms with Crippen LogP contribution in [-0.4, -0.2) is 32.4 Å². The molecule has 0 unspecified atom stereocenters. The van der Waals surface area contributed by atoms with Gasteiger partial charge in [0.2, 0.25) is 0 Å². The summed E-state index contributed by atoms with van der Waals surface area (Å²) >= 11 is 0. The highest BCUT2D eigenvalue weighted by Crippen LogP contribution is 2.17. The molecular weight excluding hydrogens is 360 g/mol. The van der Waals surface area contributed by atoms with E-state index in [1.54, 1.807) is 20.5 Å². The number of unbranched alkanes of at least 4 members (excludes halogenated alkanes) is 3. The maximum Gasteiger partial charge on any atom is 0.332 e. The lowest BCUT2D eigenvalue weighted by atomic mass is 10.2. The van der Waals surface area contributed by atoms with Crippen LogP contribution >= 0.6 is 0 Å². The standard InChI is InChI=1S/C20H26N4O4/c1-22-18-17(19(25)23(2)20(22)26)24(14-21-18)12-6-4-5-7-13-28-16-10-8-15(27-3)9-11-16/h8-11,14H,4-7,12-13H2,1-3H3. The maximum absolute atomic E-state index is 12.4. The normalized spacial score (nSPS) is 11.1. The number of hydrogen-bond donors (Lipinski definition) is 0. The monoisotopic (exact) mass is 386 g/mol.